The number of ether oxygens (including phenoxy) is 1. The van der Waals surface area contributed by atoms with Gasteiger partial charge in [-0.05, 0) is 47.0 Å². The van der Waals surface area contributed by atoms with Crippen molar-refractivity contribution in [1.29, 1.82) is 0 Å². The summed E-state index contributed by atoms with van der Waals surface area (Å²) in [7, 11) is 0. The highest BCUT2D eigenvalue weighted by molar-refractivity contribution is 5.95. The van der Waals surface area contributed by atoms with Gasteiger partial charge in [-0.15, -0.1) is 0 Å². The van der Waals surface area contributed by atoms with Gasteiger partial charge >= 0.3 is 0 Å². The van der Waals surface area contributed by atoms with Crippen molar-refractivity contribution in [3.63, 3.8) is 0 Å². The summed E-state index contributed by atoms with van der Waals surface area (Å²) in [6.45, 7) is 2.32. The van der Waals surface area contributed by atoms with Crippen LogP contribution in [0, 0.1) is 0 Å². The molecule has 36 heavy (non-hydrogen) atoms. The summed E-state index contributed by atoms with van der Waals surface area (Å²) in [6, 6.07) is 26.5. The van der Waals surface area contributed by atoms with Gasteiger partial charge in [0, 0.05) is 23.9 Å². The molecule has 0 unspecified atom stereocenters. The number of hydrogen-bond acceptors (Lipinski definition) is 6. The van der Waals surface area contributed by atoms with Crippen LogP contribution in [-0.2, 0) is 13.1 Å². The van der Waals surface area contributed by atoms with Gasteiger partial charge in [0.2, 0.25) is 0 Å². The van der Waals surface area contributed by atoms with Crippen LogP contribution in [0.25, 0.3) is 11.1 Å². The molecule has 3 aromatic carbocycles. The third-order valence-corrected chi connectivity index (χ3v) is 6.22. The van der Waals surface area contributed by atoms with Gasteiger partial charge in [0.15, 0.2) is 6.29 Å². The van der Waals surface area contributed by atoms with Crippen molar-refractivity contribution in [3.8, 4) is 16.9 Å². The Labute approximate surface area is 209 Å². The third-order valence-electron chi connectivity index (χ3n) is 6.22. The van der Waals surface area contributed by atoms with Gasteiger partial charge in [-0.3, -0.25) is 9.78 Å². The predicted octanol–water partition coefficient (Wildman–Crippen LogP) is 4.06. The Kier molecular flexibility index (Phi) is 6.93. The van der Waals surface area contributed by atoms with Gasteiger partial charge in [-0.2, -0.15) is 0 Å². The van der Waals surface area contributed by atoms with Crippen molar-refractivity contribution < 1.29 is 19.7 Å². The van der Waals surface area contributed by atoms with Crippen molar-refractivity contribution in [3.05, 3.63) is 114 Å². The number of pyridine rings is 1. The average Bonchev–Trinajstić information content (AvgIpc) is 2.92. The molecule has 1 aliphatic rings. The van der Waals surface area contributed by atoms with E-state index in [1.54, 1.807) is 24.4 Å². The largest absolute Gasteiger partial charge is 0.490 e. The van der Waals surface area contributed by atoms with E-state index in [-0.39, 0.29) is 5.91 Å². The quantitative estimate of drug-likeness (QED) is 0.345. The summed E-state index contributed by atoms with van der Waals surface area (Å²) in [6.07, 6.45) is 0.182. The van der Waals surface area contributed by atoms with Crippen LogP contribution in [0.4, 0.5) is 5.69 Å². The minimum Gasteiger partial charge on any atom is -0.490 e. The number of rotatable bonds is 7. The van der Waals surface area contributed by atoms with E-state index in [1.807, 2.05) is 66.7 Å². The van der Waals surface area contributed by atoms with Crippen LogP contribution >= 0.6 is 0 Å². The number of nitrogens with one attached hydrogen (secondary N) is 1. The van der Waals surface area contributed by atoms with Gasteiger partial charge in [0.25, 0.3) is 5.91 Å². The molecule has 5 rings (SSSR count). The zero-order valence-electron chi connectivity index (χ0n) is 19.7. The van der Waals surface area contributed by atoms with Crippen molar-refractivity contribution in [2.75, 3.05) is 18.1 Å². The molecule has 1 aromatic heterocycles. The van der Waals surface area contributed by atoms with E-state index in [9.17, 15) is 15.0 Å². The lowest BCUT2D eigenvalue weighted by Gasteiger charge is -2.31. The maximum atomic E-state index is 12.7. The number of fused-ring (bicyclic) bond motifs is 1. The first kappa shape index (κ1) is 23.5. The highest BCUT2D eigenvalue weighted by atomic mass is 16.5. The number of aliphatic hydroxyl groups excluding tert-OH is 1. The average molecular weight is 482 g/mol. The van der Waals surface area contributed by atoms with Crippen molar-refractivity contribution in [2.45, 2.75) is 19.4 Å². The number of nitrogens with zero attached hydrogens (tertiary/aromatic N) is 2. The van der Waals surface area contributed by atoms with Gasteiger partial charge in [0.1, 0.15) is 12.4 Å². The number of benzene rings is 3. The minimum atomic E-state index is -1.52. The van der Waals surface area contributed by atoms with Gasteiger partial charge in [0.05, 0.1) is 24.5 Å². The summed E-state index contributed by atoms with van der Waals surface area (Å²) < 4.78 is 5.88. The van der Waals surface area contributed by atoms with Crippen LogP contribution in [0.15, 0.2) is 91.1 Å². The fourth-order valence-electron chi connectivity index (χ4n) is 4.35. The predicted molar refractivity (Wildman–Crippen MR) is 137 cm³/mol. The van der Waals surface area contributed by atoms with E-state index in [2.05, 4.69) is 15.2 Å². The lowest BCUT2D eigenvalue weighted by atomic mass is 9.98. The lowest BCUT2D eigenvalue weighted by Crippen LogP contribution is -2.32. The monoisotopic (exact) mass is 481 g/mol. The summed E-state index contributed by atoms with van der Waals surface area (Å²) in [5.74, 6) is 0.516. The molecule has 4 aromatic rings. The number of carbonyl (C=O) groups is 1. The second-order valence-electron chi connectivity index (χ2n) is 8.61. The number of aliphatic hydroxyl groups is 2. The second-order valence-corrected chi connectivity index (χ2v) is 8.61. The molecule has 7 nitrogen and oxygen atoms in total. The van der Waals surface area contributed by atoms with E-state index in [4.69, 9.17) is 4.74 Å². The van der Waals surface area contributed by atoms with Crippen LogP contribution < -0.4 is 15.0 Å². The third kappa shape index (κ3) is 5.22. The van der Waals surface area contributed by atoms with E-state index >= 15 is 0 Å². The molecule has 0 radical (unpaired) electrons. The fraction of sp³-hybridized carbons (Fsp3) is 0.172. The number of hydrogen-bond donors (Lipinski definition) is 3. The molecule has 0 bridgehead atoms. The summed E-state index contributed by atoms with van der Waals surface area (Å²) in [5, 5.41) is 22.3. The summed E-state index contributed by atoms with van der Waals surface area (Å²) in [5.41, 5.74) is 5.60. The Hall–Kier alpha value is -4.20. The molecule has 2 heterocycles. The van der Waals surface area contributed by atoms with E-state index in [0.29, 0.717) is 36.6 Å². The normalized spacial score (nSPS) is 12.7. The molecule has 1 amide bonds. The minimum absolute atomic E-state index is 0.173. The summed E-state index contributed by atoms with van der Waals surface area (Å²) in [4.78, 5) is 19.1. The molecule has 3 N–H and O–H groups in total. The van der Waals surface area contributed by atoms with Gasteiger partial charge in [-0.1, -0.05) is 54.6 Å². The van der Waals surface area contributed by atoms with E-state index in [1.165, 1.54) is 0 Å². The molecule has 0 spiro atoms. The number of carbonyl (C=O) groups excluding carboxylic acids is 1. The van der Waals surface area contributed by atoms with Crippen LogP contribution in [0.1, 0.15) is 33.5 Å². The molecule has 0 saturated heterocycles. The molecular formula is C29H27N3O4. The standard InChI is InChI=1S/C29H27N3O4/c33-28(31-18-23-5-3-4-14-30-23)22-12-13-26-27(17-22)36-16-15-32(26)19-20-8-10-21(11-9-20)24-6-1-2-7-25(24)29(34)35/h1-14,17,29,34-35H,15-16,18-19H2,(H,31,33). The zero-order chi connectivity index (χ0) is 24.9. The first-order valence-corrected chi connectivity index (χ1v) is 11.8. The number of amides is 1. The van der Waals surface area contributed by atoms with Crippen LogP contribution in [-0.4, -0.2) is 34.3 Å². The molecule has 0 fully saturated rings. The van der Waals surface area contributed by atoms with Crippen LogP contribution in [0.2, 0.25) is 0 Å². The van der Waals surface area contributed by atoms with Crippen molar-refractivity contribution in [2.24, 2.45) is 0 Å². The number of aromatic nitrogens is 1. The Morgan fingerprint density at radius 3 is 2.58 bits per heavy atom. The summed E-state index contributed by atoms with van der Waals surface area (Å²) >= 11 is 0. The molecule has 1 aliphatic heterocycles. The first-order valence-electron chi connectivity index (χ1n) is 11.8. The lowest BCUT2D eigenvalue weighted by molar-refractivity contribution is -0.0420. The van der Waals surface area contributed by atoms with E-state index in [0.717, 1.165) is 34.6 Å². The SMILES string of the molecule is O=C(NCc1ccccn1)c1ccc2c(c1)OCCN2Cc1ccc(-c2ccccc2C(O)O)cc1. The highest BCUT2D eigenvalue weighted by Crippen LogP contribution is 2.34. The molecule has 7 heteroatoms. The van der Waals surface area contributed by atoms with Crippen LogP contribution in [0.3, 0.4) is 0 Å². The zero-order valence-corrected chi connectivity index (χ0v) is 19.7. The van der Waals surface area contributed by atoms with Gasteiger partial charge < -0.3 is 25.2 Å². The van der Waals surface area contributed by atoms with Crippen molar-refractivity contribution >= 4 is 11.6 Å². The Bertz CT molecular complexity index is 1340. The van der Waals surface area contributed by atoms with Crippen molar-refractivity contribution in [1.82, 2.24) is 10.3 Å². The Balaban J connectivity index is 1.28. The number of anilines is 1. The Morgan fingerprint density at radius 2 is 1.81 bits per heavy atom. The molecule has 182 valence electrons. The fourth-order valence-corrected chi connectivity index (χ4v) is 4.35. The smallest absolute Gasteiger partial charge is 0.251 e. The molecule has 0 atom stereocenters. The topological polar surface area (TPSA) is 94.9 Å². The van der Waals surface area contributed by atoms with Gasteiger partial charge in [-0.25, -0.2) is 0 Å². The maximum Gasteiger partial charge on any atom is 0.251 e. The Morgan fingerprint density at radius 1 is 1.00 bits per heavy atom. The first-order chi connectivity index (χ1) is 17.6. The molecule has 0 saturated carbocycles. The van der Waals surface area contributed by atoms with Crippen LogP contribution in [0.5, 0.6) is 5.75 Å². The highest BCUT2D eigenvalue weighted by Gasteiger charge is 2.20. The molecular weight excluding hydrogens is 454 g/mol. The van der Waals surface area contributed by atoms with E-state index < -0.39 is 6.29 Å². The molecule has 0 aliphatic carbocycles. The second kappa shape index (κ2) is 10.6. The maximum absolute atomic E-state index is 12.7.